The van der Waals surface area contributed by atoms with Gasteiger partial charge in [0.15, 0.2) is 0 Å². The number of carbonyl (C=O) groups is 1. The summed E-state index contributed by atoms with van der Waals surface area (Å²) in [5.74, 6) is -0.368. The highest BCUT2D eigenvalue weighted by Crippen LogP contribution is 2.21. The summed E-state index contributed by atoms with van der Waals surface area (Å²) in [4.78, 5) is 27.9. The number of anilines is 1. The first kappa shape index (κ1) is 14.4. The molecule has 7 nitrogen and oxygen atoms in total. The maximum Gasteiger partial charge on any atom is 0.270 e. The molecule has 0 saturated carbocycles. The molecule has 2 rings (SSSR count). The lowest BCUT2D eigenvalue weighted by Gasteiger charge is -2.18. The number of amides is 1. The largest absolute Gasteiger partial charge is 0.398 e. The Kier molecular flexibility index (Phi) is 4.13. The van der Waals surface area contributed by atoms with Gasteiger partial charge < -0.3 is 10.6 Å². The van der Waals surface area contributed by atoms with Crippen LogP contribution in [0.5, 0.6) is 0 Å². The van der Waals surface area contributed by atoms with Gasteiger partial charge in [-0.3, -0.25) is 19.9 Å². The zero-order valence-corrected chi connectivity index (χ0v) is 11.4. The molecule has 1 aromatic heterocycles. The van der Waals surface area contributed by atoms with Gasteiger partial charge in [-0.1, -0.05) is 0 Å². The molecule has 108 valence electrons. The lowest BCUT2D eigenvalue weighted by molar-refractivity contribution is -0.384. The minimum absolute atomic E-state index is 0.126. The Hall–Kier alpha value is -2.96. The fourth-order valence-corrected chi connectivity index (χ4v) is 1.88. The number of nitro benzene ring substituents is 1. The predicted molar refractivity (Wildman–Crippen MR) is 77.5 cm³/mol. The molecule has 0 aliphatic rings. The van der Waals surface area contributed by atoms with Crippen LogP contribution >= 0.6 is 0 Å². The van der Waals surface area contributed by atoms with Crippen LogP contribution in [-0.2, 0) is 6.54 Å². The Balaban J connectivity index is 2.23. The molecular weight excluding hydrogens is 272 g/mol. The lowest BCUT2D eigenvalue weighted by atomic mass is 10.1. The lowest BCUT2D eigenvalue weighted by Crippen LogP contribution is -2.27. The maximum absolute atomic E-state index is 12.4. The van der Waals surface area contributed by atoms with E-state index in [4.69, 9.17) is 5.73 Å². The number of rotatable bonds is 4. The van der Waals surface area contributed by atoms with Gasteiger partial charge in [0.25, 0.3) is 11.6 Å². The van der Waals surface area contributed by atoms with Crippen molar-refractivity contribution in [2.24, 2.45) is 0 Å². The Bertz CT molecular complexity index is 673. The van der Waals surface area contributed by atoms with Crippen LogP contribution in [0.1, 0.15) is 15.9 Å². The highest BCUT2D eigenvalue weighted by Gasteiger charge is 2.18. The molecule has 1 amide bonds. The number of benzene rings is 1. The summed E-state index contributed by atoms with van der Waals surface area (Å²) >= 11 is 0. The Morgan fingerprint density at radius 3 is 2.62 bits per heavy atom. The first-order valence-electron chi connectivity index (χ1n) is 6.17. The number of nitrogens with zero attached hydrogens (tertiary/aromatic N) is 3. The molecule has 21 heavy (non-hydrogen) atoms. The highest BCUT2D eigenvalue weighted by atomic mass is 16.6. The first-order chi connectivity index (χ1) is 9.99. The van der Waals surface area contributed by atoms with Crippen LogP contribution in [0, 0.1) is 10.1 Å². The zero-order valence-electron chi connectivity index (χ0n) is 11.4. The van der Waals surface area contributed by atoms with Crippen molar-refractivity contribution in [2.45, 2.75) is 6.54 Å². The standard InChI is InChI=1S/C14H14N4O3/c1-17(9-10-4-6-16-7-5-10)14(19)12-8-11(18(20)21)2-3-13(12)15/h2-8H,9,15H2,1H3. The molecule has 0 aliphatic carbocycles. The monoisotopic (exact) mass is 286 g/mol. The third-order valence-electron chi connectivity index (χ3n) is 2.99. The van der Waals surface area contributed by atoms with E-state index in [0.717, 1.165) is 5.56 Å². The van der Waals surface area contributed by atoms with E-state index in [9.17, 15) is 14.9 Å². The molecule has 7 heteroatoms. The van der Waals surface area contributed by atoms with Crippen LogP contribution in [0.15, 0.2) is 42.7 Å². The van der Waals surface area contributed by atoms with Crippen LogP contribution in [0.2, 0.25) is 0 Å². The van der Waals surface area contributed by atoms with Gasteiger partial charge in [0, 0.05) is 43.8 Å². The SMILES string of the molecule is CN(Cc1ccncc1)C(=O)c1cc([N+](=O)[O-])ccc1N. The second-order valence-corrected chi connectivity index (χ2v) is 4.55. The summed E-state index contributed by atoms with van der Waals surface area (Å²) in [6, 6.07) is 7.42. The highest BCUT2D eigenvalue weighted by molar-refractivity contribution is 5.99. The number of hydrogen-bond acceptors (Lipinski definition) is 5. The number of nitro groups is 1. The second kappa shape index (κ2) is 6.00. The van der Waals surface area contributed by atoms with Gasteiger partial charge in [-0.25, -0.2) is 0 Å². The average molecular weight is 286 g/mol. The van der Waals surface area contributed by atoms with Crippen LogP contribution in [0.25, 0.3) is 0 Å². The molecule has 0 spiro atoms. The van der Waals surface area contributed by atoms with E-state index in [1.165, 1.54) is 23.1 Å². The van der Waals surface area contributed by atoms with Gasteiger partial charge in [-0.15, -0.1) is 0 Å². The molecule has 0 unspecified atom stereocenters. The summed E-state index contributed by atoms with van der Waals surface area (Å²) in [7, 11) is 1.61. The van der Waals surface area contributed by atoms with Crippen molar-refractivity contribution in [3.8, 4) is 0 Å². The van der Waals surface area contributed by atoms with Gasteiger partial charge >= 0.3 is 0 Å². The van der Waals surface area contributed by atoms with Crippen LogP contribution in [0.4, 0.5) is 11.4 Å². The average Bonchev–Trinajstić information content (AvgIpc) is 2.47. The van der Waals surface area contributed by atoms with Crippen molar-refractivity contribution in [3.63, 3.8) is 0 Å². The molecule has 0 atom stereocenters. The first-order valence-corrected chi connectivity index (χ1v) is 6.17. The van der Waals surface area contributed by atoms with E-state index in [1.54, 1.807) is 31.6 Å². The number of non-ortho nitro benzene ring substituents is 1. The second-order valence-electron chi connectivity index (χ2n) is 4.55. The molecule has 0 bridgehead atoms. The topological polar surface area (TPSA) is 102 Å². The third kappa shape index (κ3) is 3.33. The van der Waals surface area contributed by atoms with Gasteiger partial charge in [0.2, 0.25) is 0 Å². The maximum atomic E-state index is 12.4. The minimum atomic E-state index is -0.556. The zero-order chi connectivity index (χ0) is 15.4. The molecule has 0 radical (unpaired) electrons. The van der Waals surface area contributed by atoms with E-state index in [-0.39, 0.29) is 22.8 Å². The van der Waals surface area contributed by atoms with Gasteiger partial charge in [-0.05, 0) is 23.8 Å². The minimum Gasteiger partial charge on any atom is -0.398 e. The Morgan fingerprint density at radius 2 is 2.00 bits per heavy atom. The number of aromatic nitrogens is 1. The fraction of sp³-hybridized carbons (Fsp3) is 0.143. The van der Waals surface area contributed by atoms with Gasteiger partial charge in [0.05, 0.1) is 10.5 Å². The summed E-state index contributed by atoms with van der Waals surface area (Å²) < 4.78 is 0. The number of nitrogen functional groups attached to an aromatic ring is 1. The Labute approximate surface area is 121 Å². The van der Waals surface area contributed by atoms with Crippen LogP contribution in [0.3, 0.4) is 0 Å². The van der Waals surface area contributed by atoms with Gasteiger partial charge in [0.1, 0.15) is 0 Å². The predicted octanol–water partition coefficient (Wildman–Crippen LogP) is 1.84. The normalized spacial score (nSPS) is 10.1. The number of nitrogens with two attached hydrogens (primary N) is 1. The molecule has 0 aliphatic heterocycles. The van der Waals surface area contributed by atoms with Crippen molar-refractivity contribution in [1.82, 2.24) is 9.88 Å². The molecule has 2 aromatic rings. The van der Waals surface area contributed by atoms with Crippen molar-refractivity contribution in [3.05, 3.63) is 64.0 Å². The Morgan fingerprint density at radius 1 is 1.33 bits per heavy atom. The molecule has 2 N–H and O–H groups in total. The summed E-state index contributed by atoms with van der Waals surface area (Å²) in [5, 5.41) is 10.8. The number of pyridine rings is 1. The molecule has 1 heterocycles. The van der Waals surface area contributed by atoms with E-state index >= 15 is 0 Å². The summed E-state index contributed by atoms with van der Waals surface area (Å²) in [6.45, 7) is 0.365. The van der Waals surface area contributed by atoms with Crippen LogP contribution in [-0.4, -0.2) is 27.8 Å². The van der Waals surface area contributed by atoms with Crippen molar-refractivity contribution >= 4 is 17.3 Å². The van der Waals surface area contributed by atoms with Crippen molar-refractivity contribution in [1.29, 1.82) is 0 Å². The fourth-order valence-electron chi connectivity index (χ4n) is 1.88. The molecular formula is C14H14N4O3. The summed E-state index contributed by atoms with van der Waals surface area (Å²) in [5.41, 5.74) is 6.83. The molecule has 0 fully saturated rings. The third-order valence-corrected chi connectivity index (χ3v) is 2.99. The van der Waals surface area contributed by atoms with E-state index in [0.29, 0.717) is 6.54 Å². The van der Waals surface area contributed by atoms with E-state index in [2.05, 4.69) is 4.98 Å². The number of hydrogen-bond donors (Lipinski definition) is 1. The van der Waals surface area contributed by atoms with Crippen LogP contribution < -0.4 is 5.73 Å². The smallest absolute Gasteiger partial charge is 0.270 e. The molecule has 1 aromatic carbocycles. The van der Waals surface area contributed by atoms with Crippen molar-refractivity contribution < 1.29 is 9.72 Å². The van der Waals surface area contributed by atoms with Crippen molar-refractivity contribution in [2.75, 3.05) is 12.8 Å². The van der Waals surface area contributed by atoms with Gasteiger partial charge in [-0.2, -0.15) is 0 Å². The van der Waals surface area contributed by atoms with E-state index in [1.807, 2.05) is 0 Å². The molecule has 0 saturated heterocycles. The summed E-state index contributed by atoms with van der Waals surface area (Å²) in [6.07, 6.45) is 3.27. The number of carbonyl (C=O) groups excluding carboxylic acids is 1. The van der Waals surface area contributed by atoms with E-state index < -0.39 is 4.92 Å². The quantitative estimate of drug-likeness (QED) is 0.525.